The third-order valence-electron chi connectivity index (χ3n) is 6.04. The Morgan fingerprint density at radius 1 is 1.03 bits per heavy atom. The minimum atomic E-state index is -3.56. The zero-order valence-corrected chi connectivity index (χ0v) is 21.0. The van der Waals surface area contributed by atoms with Crippen molar-refractivity contribution in [3.63, 3.8) is 0 Å². The van der Waals surface area contributed by atoms with Gasteiger partial charge >= 0.3 is 0 Å². The van der Waals surface area contributed by atoms with E-state index in [0.29, 0.717) is 30.9 Å². The number of hydrogen-bond donors (Lipinski definition) is 1. The average molecular weight is 474 g/mol. The molecule has 8 heteroatoms. The number of carbonyl (C=O) groups excluding carboxylic acids is 1. The van der Waals surface area contributed by atoms with Gasteiger partial charge in [0.1, 0.15) is 5.75 Å². The number of carbonyl (C=O) groups is 1. The first kappa shape index (κ1) is 25.1. The number of benzene rings is 2. The number of piperazine rings is 1. The van der Waals surface area contributed by atoms with Gasteiger partial charge in [-0.15, -0.1) is 0 Å². The molecule has 1 fully saturated rings. The number of ether oxygens (including phenoxy) is 1. The molecule has 180 valence electrons. The Morgan fingerprint density at radius 2 is 1.73 bits per heavy atom. The van der Waals surface area contributed by atoms with Crippen LogP contribution in [0.4, 0.5) is 5.69 Å². The van der Waals surface area contributed by atoms with Gasteiger partial charge in [-0.1, -0.05) is 26.0 Å². The summed E-state index contributed by atoms with van der Waals surface area (Å²) in [5, 5.41) is 0. The molecule has 2 aromatic carbocycles. The molecule has 0 atom stereocenters. The van der Waals surface area contributed by atoms with Crippen molar-refractivity contribution in [2.75, 3.05) is 44.2 Å². The van der Waals surface area contributed by atoms with Crippen molar-refractivity contribution in [2.24, 2.45) is 5.92 Å². The molecule has 0 aliphatic carbocycles. The summed E-state index contributed by atoms with van der Waals surface area (Å²) in [4.78, 5) is 17.0. The van der Waals surface area contributed by atoms with Crippen molar-refractivity contribution in [3.8, 4) is 5.75 Å². The molecule has 0 unspecified atom stereocenters. The fraction of sp³-hybridized carbons (Fsp3) is 0.480. The Morgan fingerprint density at radius 3 is 2.36 bits per heavy atom. The molecule has 1 N–H and O–H groups in total. The molecule has 2 aromatic rings. The number of hydrogen-bond acceptors (Lipinski definition) is 5. The van der Waals surface area contributed by atoms with E-state index in [1.807, 2.05) is 18.7 Å². The molecule has 0 radical (unpaired) electrons. The number of nitrogens with zero attached hydrogens (tertiary/aromatic N) is 2. The van der Waals surface area contributed by atoms with Gasteiger partial charge in [-0.3, -0.25) is 4.79 Å². The van der Waals surface area contributed by atoms with Gasteiger partial charge in [-0.2, -0.15) is 0 Å². The molecule has 1 saturated heterocycles. The summed E-state index contributed by atoms with van der Waals surface area (Å²) < 4.78 is 33.2. The molecule has 7 nitrogen and oxygen atoms in total. The second-order valence-corrected chi connectivity index (χ2v) is 10.8. The molecule has 1 aliphatic heterocycles. The second-order valence-electron chi connectivity index (χ2n) is 9.05. The van der Waals surface area contributed by atoms with E-state index in [2.05, 4.69) is 41.7 Å². The fourth-order valence-electron chi connectivity index (χ4n) is 3.82. The Kier molecular flexibility index (Phi) is 8.02. The first-order valence-corrected chi connectivity index (χ1v) is 12.9. The lowest BCUT2D eigenvalue weighted by molar-refractivity contribution is -0.133. The lowest BCUT2D eigenvalue weighted by Gasteiger charge is -2.37. The normalized spacial score (nSPS) is 14.6. The van der Waals surface area contributed by atoms with E-state index in [1.165, 1.54) is 22.9 Å². The van der Waals surface area contributed by atoms with Crippen LogP contribution in [0.15, 0.2) is 41.3 Å². The Balaban J connectivity index is 1.54. The maximum Gasteiger partial charge on any atom is 0.260 e. The lowest BCUT2D eigenvalue weighted by atomic mass is 10.1. The summed E-state index contributed by atoms with van der Waals surface area (Å²) in [6, 6.07) is 11.0. The summed E-state index contributed by atoms with van der Waals surface area (Å²) in [6.45, 7) is 13.1. The zero-order valence-electron chi connectivity index (χ0n) is 20.2. The molecule has 1 aliphatic rings. The Labute approximate surface area is 197 Å². The van der Waals surface area contributed by atoms with Crippen molar-refractivity contribution in [3.05, 3.63) is 53.1 Å². The van der Waals surface area contributed by atoms with Crippen LogP contribution in [0.1, 0.15) is 30.5 Å². The van der Waals surface area contributed by atoms with Crippen LogP contribution < -0.4 is 14.4 Å². The largest absolute Gasteiger partial charge is 0.483 e. The van der Waals surface area contributed by atoms with Gasteiger partial charge in [0.25, 0.3) is 5.91 Å². The Hall–Kier alpha value is -2.58. The molecular weight excluding hydrogens is 438 g/mol. The number of sulfonamides is 1. The highest BCUT2D eigenvalue weighted by Crippen LogP contribution is 2.24. The van der Waals surface area contributed by atoms with Gasteiger partial charge in [-0.25, -0.2) is 13.1 Å². The van der Waals surface area contributed by atoms with Gasteiger partial charge in [0.15, 0.2) is 6.61 Å². The molecule has 0 bridgehead atoms. The van der Waals surface area contributed by atoms with Crippen molar-refractivity contribution < 1.29 is 17.9 Å². The van der Waals surface area contributed by atoms with Crippen molar-refractivity contribution in [1.29, 1.82) is 0 Å². The smallest absolute Gasteiger partial charge is 0.260 e. The minimum absolute atomic E-state index is 0.0645. The summed E-state index contributed by atoms with van der Waals surface area (Å²) in [5.74, 6) is 0.669. The zero-order chi connectivity index (χ0) is 24.2. The monoisotopic (exact) mass is 473 g/mol. The van der Waals surface area contributed by atoms with E-state index in [-0.39, 0.29) is 23.3 Å². The number of rotatable bonds is 8. The average Bonchev–Trinajstić information content (AvgIpc) is 2.78. The van der Waals surface area contributed by atoms with Gasteiger partial charge in [0, 0.05) is 38.4 Å². The van der Waals surface area contributed by atoms with Gasteiger partial charge in [0.05, 0.1) is 4.90 Å². The van der Waals surface area contributed by atoms with Crippen LogP contribution >= 0.6 is 0 Å². The second kappa shape index (κ2) is 10.6. The third kappa shape index (κ3) is 6.26. The predicted octanol–water partition coefficient (Wildman–Crippen LogP) is 3.27. The summed E-state index contributed by atoms with van der Waals surface area (Å²) in [7, 11) is -3.56. The molecule has 33 heavy (non-hydrogen) atoms. The maximum absolute atomic E-state index is 12.7. The number of nitrogens with one attached hydrogen (secondary N) is 1. The summed E-state index contributed by atoms with van der Waals surface area (Å²) >= 11 is 0. The van der Waals surface area contributed by atoms with Gasteiger partial charge < -0.3 is 14.5 Å². The number of aryl methyl sites for hydroxylation is 2. The van der Waals surface area contributed by atoms with Crippen LogP contribution in [0.25, 0.3) is 0 Å². The summed E-state index contributed by atoms with van der Waals surface area (Å²) in [5.41, 5.74) is 4.45. The van der Waals surface area contributed by atoms with E-state index < -0.39 is 10.0 Å². The lowest BCUT2D eigenvalue weighted by Crippen LogP contribution is -2.50. The summed E-state index contributed by atoms with van der Waals surface area (Å²) in [6.07, 6.45) is 0. The quantitative estimate of drug-likeness (QED) is 0.637. The predicted molar refractivity (Wildman–Crippen MR) is 131 cm³/mol. The van der Waals surface area contributed by atoms with E-state index in [1.54, 1.807) is 19.1 Å². The van der Waals surface area contributed by atoms with E-state index >= 15 is 0 Å². The fourth-order valence-corrected chi connectivity index (χ4v) is 5.11. The van der Waals surface area contributed by atoms with Crippen LogP contribution in [-0.4, -0.2) is 58.6 Å². The molecular formula is C25H35N3O4S. The minimum Gasteiger partial charge on any atom is -0.483 e. The standard InChI is InChI=1S/C25H35N3O4S/c1-18(2)16-26-33(30,31)22-9-10-24(20(4)15-22)32-17-25(29)28-13-11-27(12-14-28)23-8-6-7-19(3)21(23)5/h6-10,15,18,26H,11-14,16-17H2,1-5H3. The first-order chi connectivity index (χ1) is 15.6. The van der Waals surface area contributed by atoms with Crippen LogP contribution in [0.3, 0.4) is 0 Å². The van der Waals surface area contributed by atoms with E-state index in [9.17, 15) is 13.2 Å². The SMILES string of the molecule is Cc1cc(S(=O)(=O)NCC(C)C)ccc1OCC(=O)N1CCN(c2cccc(C)c2C)CC1. The van der Waals surface area contributed by atoms with Gasteiger partial charge in [0.2, 0.25) is 10.0 Å². The molecule has 1 heterocycles. The Bertz CT molecular complexity index is 1090. The molecule has 0 saturated carbocycles. The van der Waals surface area contributed by atoms with Crippen LogP contribution in [0, 0.1) is 26.7 Å². The molecule has 1 amide bonds. The van der Waals surface area contributed by atoms with Crippen LogP contribution in [-0.2, 0) is 14.8 Å². The highest BCUT2D eigenvalue weighted by atomic mass is 32.2. The molecule has 0 spiro atoms. The van der Waals surface area contributed by atoms with Crippen molar-refractivity contribution in [1.82, 2.24) is 9.62 Å². The van der Waals surface area contributed by atoms with E-state index in [0.717, 1.165) is 13.1 Å². The van der Waals surface area contributed by atoms with Crippen LogP contribution in [0.2, 0.25) is 0 Å². The highest BCUT2D eigenvalue weighted by molar-refractivity contribution is 7.89. The number of anilines is 1. The topological polar surface area (TPSA) is 78.9 Å². The van der Waals surface area contributed by atoms with E-state index in [4.69, 9.17) is 4.74 Å². The molecule has 0 aromatic heterocycles. The van der Waals surface area contributed by atoms with Crippen molar-refractivity contribution in [2.45, 2.75) is 39.5 Å². The maximum atomic E-state index is 12.7. The number of amides is 1. The van der Waals surface area contributed by atoms with Crippen LogP contribution in [0.5, 0.6) is 5.75 Å². The first-order valence-electron chi connectivity index (χ1n) is 11.4. The van der Waals surface area contributed by atoms with Crippen molar-refractivity contribution >= 4 is 21.6 Å². The molecule has 3 rings (SSSR count). The third-order valence-corrected chi connectivity index (χ3v) is 7.46. The highest BCUT2D eigenvalue weighted by Gasteiger charge is 2.23. The van der Waals surface area contributed by atoms with Gasteiger partial charge in [-0.05, 0) is 67.6 Å².